The molecule has 1 aliphatic rings. The Hall–Kier alpha value is -2.53. The van der Waals surface area contributed by atoms with E-state index in [1.165, 1.54) is 0 Å². The van der Waals surface area contributed by atoms with Gasteiger partial charge in [0.1, 0.15) is 18.1 Å². The SMILES string of the molecule is COc1cccc([C@@H]2CCCCN2C(=O)Cc2cccc(OCCN)c2)c1. The molecule has 1 heterocycles. The van der Waals surface area contributed by atoms with E-state index in [1.807, 2.05) is 47.4 Å². The number of ether oxygens (including phenoxy) is 2. The first-order chi connectivity index (χ1) is 13.2. The second kappa shape index (κ2) is 9.42. The number of carbonyl (C=O) groups excluding carboxylic acids is 1. The van der Waals surface area contributed by atoms with Crippen molar-refractivity contribution in [2.45, 2.75) is 31.7 Å². The van der Waals surface area contributed by atoms with Crippen LogP contribution in [0.3, 0.4) is 0 Å². The lowest BCUT2D eigenvalue weighted by Gasteiger charge is -2.36. The zero-order valence-corrected chi connectivity index (χ0v) is 15.9. The van der Waals surface area contributed by atoms with Crippen molar-refractivity contribution in [2.75, 3.05) is 26.8 Å². The Labute approximate surface area is 161 Å². The van der Waals surface area contributed by atoms with E-state index in [0.717, 1.165) is 48.4 Å². The van der Waals surface area contributed by atoms with Crippen LogP contribution in [-0.2, 0) is 11.2 Å². The van der Waals surface area contributed by atoms with E-state index in [2.05, 4.69) is 6.07 Å². The summed E-state index contributed by atoms with van der Waals surface area (Å²) in [5.41, 5.74) is 7.59. The standard InChI is InChI=1S/C22H28N2O3/c1-26-19-8-5-7-18(16-19)21-10-2-3-12-24(21)22(25)15-17-6-4-9-20(14-17)27-13-11-23/h4-9,14,16,21H,2-3,10-13,15,23H2,1H3/t21-/m0/s1. The van der Waals surface area contributed by atoms with Crippen LogP contribution in [0.15, 0.2) is 48.5 Å². The first-order valence-electron chi connectivity index (χ1n) is 9.56. The lowest BCUT2D eigenvalue weighted by molar-refractivity contribution is -0.134. The van der Waals surface area contributed by atoms with Crippen molar-refractivity contribution in [1.29, 1.82) is 0 Å². The minimum Gasteiger partial charge on any atom is -0.497 e. The maximum absolute atomic E-state index is 13.1. The van der Waals surface area contributed by atoms with Crippen molar-refractivity contribution in [2.24, 2.45) is 5.73 Å². The maximum atomic E-state index is 13.1. The number of piperidine rings is 1. The van der Waals surface area contributed by atoms with Crippen LogP contribution in [0.2, 0.25) is 0 Å². The van der Waals surface area contributed by atoms with Gasteiger partial charge in [-0.25, -0.2) is 0 Å². The van der Waals surface area contributed by atoms with E-state index < -0.39 is 0 Å². The zero-order chi connectivity index (χ0) is 19.1. The second-order valence-electron chi connectivity index (χ2n) is 6.84. The van der Waals surface area contributed by atoms with Gasteiger partial charge in [0, 0.05) is 13.1 Å². The molecule has 0 aromatic heterocycles. The minimum atomic E-state index is 0.109. The van der Waals surface area contributed by atoms with Gasteiger partial charge < -0.3 is 20.1 Å². The predicted molar refractivity (Wildman–Crippen MR) is 106 cm³/mol. The summed E-state index contributed by atoms with van der Waals surface area (Å²) >= 11 is 0. The third-order valence-corrected chi connectivity index (χ3v) is 4.94. The summed E-state index contributed by atoms with van der Waals surface area (Å²) in [7, 11) is 1.67. The van der Waals surface area contributed by atoms with Gasteiger partial charge in [-0.15, -0.1) is 0 Å². The lowest BCUT2D eigenvalue weighted by Crippen LogP contribution is -2.39. The zero-order valence-electron chi connectivity index (χ0n) is 15.9. The van der Waals surface area contributed by atoms with Crippen molar-refractivity contribution in [3.05, 3.63) is 59.7 Å². The number of hydrogen-bond acceptors (Lipinski definition) is 4. The Bertz CT molecular complexity index is 763. The Kier molecular flexibility index (Phi) is 6.71. The van der Waals surface area contributed by atoms with Crippen molar-refractivity contribution in [3.8, 4) is 11.5 Å². The van der Waals surface area contributed by atoms with Crippen molar-refractivity contribution >= 4 is 5.91 Å². The Morgan fingerprint density at radius 1 is 1.15 bits per heavy atom. The quantitative estimate of drug-likeness (QED) is 0.814. The third-order valence-electron chi connectivity index (χ3n) is 4.94. The number of nitrogens with zero attached hydrogens (tertiary/aromatic N) is 1. The fourth-order valence-corrected chi connectivity index (χ4v) is 3.62. The Balaban J connectivity index is 1.73. The molecule has 0 aliphatic carbocycles. The molecule has 1 aliphatic heterocycles. The molecule has 0 unspecified atom stereocenters. The number of amides is 1. The molecule has 2 N–H and O–H groups in total. The van der Waals surface area contributed by atoms with Gasteiger partial charge in [0.2, 0.25) is 5.91 Å². The number of rotatable bonds is 7. The van der Waals surface area contributed by atoms with Gasteiger partial charge >= 0.3 is 0 Å². The van der Waals surface area contributed by atoms with Gasteiger partial charge in [-0.3, -0.25) is 4.79 Å². The molecule has 1 saturated heterocycles. The molecule has 3 rings (SSSR count). The molecule has 0 saturated carbocycles. The number of likely N-dealkylation sites (tertiary alicyclic amines) is 1. The highest BCUT2D eigenvalue weighted by atomic mass is 16.5. The summed E-state index contributed by atoms with van der Waals surface area (Å²) in [5.74, 6) is 1.74. The average Bonchev–Trinajstić information content (AvgIpc) is 2.72. The molecule has 1 fully saturated rings. The summed E-state index contributed by atoms with van der Waals surface area (Å²) < 4.78 is 10.9. The average molecular weight is 368 g/mol. The van der Waals surface area contributed by atoms with Gasteiger partial charge in [0.05, 0.1) is 19.6 Å². The van der Waals surface area contributed by atoms with E-state index in [9.17, 15) is 4.79 Å². The summed E-state index contributed by atoms with van der Waals surface area (Å²) in [6, 6.07) is 15.9. The van der Waals surface area contributed by atoms with Crippen molar-refractivity contribution < 1.29 is 14.3 Å². The summed E-state index contributed by atoms with van der Waals surface area (Å²) in [6.45, 7) is 1.74. The van der Waals surface area contributed by atoms with Crippen LogP contribution < -0.4 is 15.2 Å². The Morgan fingerprint density at radius 2 is 1.96 bits per heavy atom. The highest BCUT2D eigenvalue weighted by molar-refractivity contribution is 5.79. The monoisotopic (exact) mass is 368 g/mol. The summed E-state index contributed by atoms with van der Waals surface area (Å²) in [5, 5.41) is 0. The Morgan fingerprint density at radius 3 is 2.78 bits per heavy atom. The van der Waals surface area contributed by atoms with E-state index >= 15 is 0 Å². The highest BCUT2D eigenvalue weighted by Gasteiger charge is 2.28. The van der Waals surface area contributed by atoms with Gasteiger partial charge in [0.25, 0.3) is 0 Å². The largest absolute Gasteiger partial charge is 0.497 e. The molecule has 0 spiro atoms. The van der Waals surface area contributed by atoms with Crippen LogP contribution in [0.1, 0.15) is 36.4 Å². The minimum absolute atomic E-state index is 0.109. The second-order valence-corrected chi connectivity index (χ2v) is 6.84. The summed E-state index contributed by atoms with van der Waals surface area (Å²) in [4.78, 5) is 15.1. The fourth-order valence-electron chi connectivity index (χ4n) is 3.62. The van der Waals surface area contributed by atoms with Gasteiger partial charge in [0.15, 0.2) is 0 Å². The van der Waals surface area contributed by atoms with Crippen LogP contribution in [0.5, 0.6) is 11.5 Å². The van der Waals surface area contributed by atoms with Gasteiger partial charge in [-0.1, -0.05) is 24.3 Å². The number of methoxy groups -OCH3 is 1. The predicted octanol–water partition coefficient (Wildman–Crippen LogP) is 3.33. The van der Waals surface area contributed by atoms with Crippen LogP contribution in [0.25, 0.3) is 0 Å². The molecule has 1 amide bonds. The van der Waals surface area contributed by atoms with Crippen LogP contribution in [0.4, 0.5) is 0 Å². The molecule has 0 radical (unpaired) electrons. The maximum Gasteiger partial charge on any atom is 0.227 e. The topological polar surface area (TPSA) is 64.8 Å². The normalized spacial score (nSPS) is 16.8. The first kappa shape index (κ1) is 19.2. The van der Waals surface area contributed by atoms with Gasteiger partial charge in [-0.05, 0) is 54.7 Å². The smallest absolute Gasteiger partial charge is 0.227 e. The van der Waals surface area contributed by atoms with Crippen molar-refractivity contribution in [1.82, 2.24) is 4.90 Å². The van der Waals surface area contributed by atoms with Gasteiger partial charge in [-0.2, -0.15) is 0 Å². The van der Waals surface area contributed by atoms with E-state index in [0.29, 0.717) is 19.6 Å². The number of carbonyl (C=O) groups is 1. The number of nitrogens with two attached hydrogens (primary N) is 1. The van der Waals surface area contributed by atoms with E-state index in [4.69, 9.17) is 15.2 Å². The highest BCUT2D eigenvalue weighted by Crippen LogP contribution is 2.33. The molecule has 144 valence electrons. The third kappa shape index (κ3) is 5.01. The van der Waals surface area contributed by atoms with E-state index in [1.54, 1.807) is 7.11 Å². The molecular weight excluding hydrogens is 340 g/mol. The van der Waals surface area contributed by atoms with Crippen LogP contribution >= 0.6 is 0 Å². The van der Waals surface area contributed by atoms with Crippen LogP contribution in [0, 0.1) is 0 Å². The molecule has 5 nitrogen and oxygen atoms in total. The van der Waals surface area contributed by atoms with Crippen molar-refractivity contribution in [3.63, 3.8) is 0 Å². The van der Waals surface area contributed by atoms with Crippen LogP contribution in [-0.4, -0.2) is 37.6 Å². The number of benzene rings is 2. The molecule has 5 heteroatoms. The summed E-state index contributed by atoms with van der Waals surface area (Å²) in [6.07, 6.45) is 3.54. The molecule has 2 aromatic carbocycles. The molecular formula is C22H28N2O3. The molecule has 27 heavy (non-hydrogen) atoms. The fraction of sp³-hybridized carbons (Fsp3) is 0.409. The first-order valence-corrected chi connectivity index (χ1v) is 9.56. The molecule has 0 bridgehead atoms. The number of hydrogen-bond donors (Lipinski definition) is 1. The van der Waals surface area contributed by atoms with E-state index in [-0.39, 0.29) is 11.9 Å². The molecule has 2 aromatic rings. The molecule has 1 atom stereocenters. The lowest BCUT2D eigenvalue weighted by atomic mass is 9.94.